The van der Waals surface area contributed by atoms with E-state index in [1.165, 1.54) is 0 Å². The molecule has 0 aromatic carbocycles. The first-order valence-electron chi connectivity index (χ1n) is 5.17. The van der Waals surface area contributed by atoms with Crippen molar-refractivity contribution in [1.82, 2.24) is 20.2 Å². The summed E-state index contributed by atoms with van der Waals surface area (Å²) in [5, 5.41) is 5.84. The first-order valence-corrected chi connectivity index (χ1v) is 5.17. The summed E-state index contributed by atoms with van der Waals surface area (Å²) in [5.74, 6) is 0.866. The molecule has 0 aliphatic carbocycles. The lowest BCUT2D eigenvalue weighted by atomic mass is 10.4. The van der Waals surface area contributed by atoms with Crippen LogP contribution >= 0.6 is 0 Å². The van der Waals surface area contributed by atoms with Crippen LogP contribution < -0.4 is 10.6 Å². The van der Waals surface area contributed by atoms with Crippen LogP contribution in [0, 0.1) is 0 Å². The molecule has 1 heterocycles. The molecule has 1 rings (SSSR count). The third-order valence-electron chi connectivity index (χ3n) is 2.08. The van der Waals surface area contributed by atoms with Crippen molar-refractivity contribution in [3.8, 4) is 0 Å². The van der Waals surface area contributed by atoms with Crippen LogP contribution in [0.3, 0.4) is 0 Å². The maximum Gasteiger partial charge on any atom is 0.234 e. The van der Waals surface area contributed by atoms with E-state index in [0.717, 1.165) is 18.8 Å². The number of nitrogens with zero attached hydrogens (tertiary/aromatic N) is 2. The molecule has 0 unspecified atom stereocenters. The van der Waals surface area contributed by atoms with E-state index in [4.69, 9.17) is 0 Å². The van der Waals surface area contributed by atoms with Crippen LogP contribution in [-0.4, -0.2) is 28.5 Å². The zero-order chi connectivity index (χ0) is 11.1. The summed E-state index contributed by atoms with van der Waals surface area (Å²) in [6, 6.07) is 0. The van der Waals surface area contributed by atoms with Crippen LogP contribution in [0.4, 0.5) is 0 Å². The largest absolute Gasteiger partial charge is 0.348 e. The average molecular weight is 210 g/mol. The van der Waals surface area contributed by atoms with Crippen molar-refractivity contribution in [3.63, 3.8) is 0 Å². The molecular weight excluding hydrogens is 192 g/mol. The Bertz CT molecular complexity index is 308. The van der Waals surface area contributed by atoms with Gasteiger partial charge in [0.25, 0.3) is 0 Å². The van der Waals surface area contributed by atoms with Gasteiger partial charge in [-0.3, -0.25) is 4.79 Å². The van der Waals surface area contributed by atoms with Crippen LogP contribution in [0.1, 0.15) is 19.2 Å². The number of carbonyl (C=O) groups is 1. The van der Waals surface area contributed by atoms with Crippen LogP contribution in [-0.2, 0) is 18.4 Å². The van der Waals surface area contributed by atoms with Gasteiger partial charge >= 0.3 is 0 Å². The van der Waals surface area contributed by atoms with Gasteiger partial charge in [-0.1, -0.05) is 6.92 Å². The van der Waals surface area contributed by atoms with Crippen molar-refractivity contribution in [2.75, 3.05) is 13.1 Å². The Morgan fingerprint density at radius 1 is 1.60 bits per heavy atom. The lowest BCUT2D eigenvalue weighted by Gasteiger charge is -2.05. The monoisotopic (exact) mass is 210 g/mol. The molecule has 0 saturated carbocycles. The van der Waals surface area contributed by atoms with Gasteiger partial charge in [-0.2, -0.15) is 0 Å². The van der Waals surface area contributed by atoms with Crippen molar-refractivity contribution >= 4 is 5.91 Å². The van der Waals surface area contributed by atoms with Gasteiger partial charge < -0.3 is 15.2 Å². The summed E-state index contributed by atoms with van der Waals surface area (Å²) in [7, 11) is 1.91. The second kappa shape index (κ2) is 6.19. The predicted molar refractivity (Wildman–Crippen MR) is 58.2 cm³/mol. The average Bonchev–Trinajstić information content (AvgIpc) is 2.61. The zero-order valence-electron chi connectivity index (χ0n) is 9.29. The lowest BCUT2D eigenvalue weighted by Crippen LogP contribution is -2.34. The van der Waals surface area contributed by atoms with Gasteiger partial charge in [0.05, 0.1) is 13.1 Å². The maximum atomic E-state index is 11.3. The summed E-state index contributed by atoms with van der Waals surface area (Å²) in [6.07, 6.45) is 4.61. The van der Waals surface area contributed by atoms with Crippen LogP contribution in [0.2, 0.25) is 0 Å². The second-order valence-corrected chi connectivity index (χ2v) is 3.41. The van der Waals surface area contributed by atoms with Gasteiger partial charge in [0.15, 0.2) is 0 Å². The number of imidazole rings is 1. The Kier molecular flexibility index (Phi) is 4.83. The SMILES string of the molecule is CCCNCC(=O)NCc1nccn1C. The molecule has 0 aliphatic rings. The van der Waals surface area contributed by atoms with Gasteiger partial charge in [0.2, 0.25) is 5.91 Å². The zero-order valence-corrected chi connectivity index (χ0v) is 9.29. The van der Waals surface area contributed by atoms with Gasteiger partial charge in [-0.15, -0.1) is 0 Å². The Balaban J connectivity index is 2.20. The van der Waals surface area contributed by atoms with Crippen molar-refractivity contribution in [1.29, 1.82) is 0 Å². The molecule has 0 atom stereocenters. The van der Waals surface area contributed by atoms with Crippen molar-refractivity contribution in [2.45, 2.75) is 19.9 Å². The van der Waals surface area contributed by atoms with E-state index in [0.29, 0.717) is 13.1 Å². The number of amides is 1. The molecule has 0 radical (unpaired) electrons. The topological polar surface area (TPSA) is 59.0 Å². The number of aromatic nitrogens is 2. The molecule has 1 aromatic heterocycles. The minimum atomic E-state index is 0.00597. The Morgan fingerprint density at radius 2 is 2.40 bits per heavy atom. The number of hydrogen-bond acceptors (Lipinski definition) is 3. The lowest BCUT2D eigenvalue weighted by molar-refractivity contribution is -0.120. The summed E-state index contributed by atoms with van der Waals surface area (Å²) in [6.45, 7) is 3.79. The highest BCUT2D eigenvalue weighted by Gasteiger charge is 2.02. The minimum Gasteiger partial charge on any atom is -0.348 e. The minimum absolute atomic E-state index is 0.00597. The van der Waals surface area contributed by atoms with E-state index in [9.17, 15) is 4.79 Å². The van der Waals surface area contributed by atoms with Crippen LogP contribution in [0.5, 0.6) is 0 Å². The van der Waals surface area contributed by atoms with Crippen molar-refractivity contribution in [3.05, 3.63) is 18.2 Å². The fourth-order valence-electron chi connectivity index (χ4n) is 1.19. The molecule has 0 bridgehead atoms. The highest BCUT2D eigenvalue weighted by Crippen LogP contribution is 1.92. The van der Waals surface area contributed by atoms with E-state index in [1.54, 1.807) is 6.20 Å². The maximum absolute atomic E-state index is 11.3. The summed E-state index contributed by atoms with van der Waals surface area (Å²) in [5.41, 5.74) is 0. The standard InChI is InChI=1S/C10H18N4O/c1-3-4-11-8-10(15)13-7-9-12-5-6-14(9)2/h5-6,11H,3-4,7-8H2,1-2H3,(H,13,15). The van der Waals surface area contributed by atoms with Gasteiger partial charge in [-0.05, 0) is 13.0 Å². The number of aryl methyl sites for hydroxylation is 1. The van der Waals surface area contributed by atoms with Crippen molar-refractivity contribution in [2.24, 2.45) is 7.05 Å². The Hall–Kier alpha value is -1.36. The molecule has 0 spiro atoms. The summed E-state index contributed by atoms with van der Waals surface area (Å²) in [4.78, 5) is 15.4. The smallest absolute Gasteiger partial charge is 0.234 e. The normalized spacial score (nSPS) is 10.3. The molecule has 15 heavy (non-hydrogen) atoms. The molecule has 0 aliphatic heterocycles. The third kappa shape index (κ3) is 4.12. The van der Waals surface area contributed by atoms with E-state index in [-0.39, 0.29) is 5.91 Å². The second-order valence-electron chi connectivity index (χ2n) is 3.41. The van der Waals surface area contributed by atoms with E-state index in [2.05, 4.69) is 22.5 Å². The molecule has 1 aromatic rings. The molecule has 2 N–H and O–H groups in total. The fraction of sp³-hybridized carbons (Fsp3) is 0.600. The highest BCUT2D eigenvalue weighted by atomic mass is 16.1. The predicted octanol–water partition coefficient (Wildman–Crippen LogP) is 0.0359. The van der Waals surface area contributed by atoms with Gasteiger partial charge in [0.1, 0.15) is 5.82 Å². The molecule has 0 saturated heterocycles. The highest BCUT2D eigenvalue weighted by molar-refractivity contribution is 5.77. The number of rotatable bonds is 6. The quantitative estimate of drug-likeness (QED) is 0.652. The molecular formula is C10H18N4O. The number of hydrogen-bond donors (Lipinski definition) is 2. The molecule has 5 heteroatoms. The Morgan fingerprint density at radius 3 is 3.00 bits per heavy atom. The van der Waals surface area contributed by atoms with Crippen LogP contribution in [0.25, 0.3) is 0 Å². The van der Waals surface area contributed by atoms with Crippen molar-refractivity contribution < 1.29 is 4.79 Å². The Labute approximate surface area is 89.9 Å². The summed E-state index contributed by atoms with van der Waals surface area (Å²) < 4.78 is 1.89. The molecule has 84 valence electrons. The van der Waals surface area contributed by atoms with E-state index < -0.39 is 0 Å². The van der Waals surface area contributed by atoms with Crippen LogP contribution in [0.15, 0.2) is 12.4 Å². The summed E-state index contributed by atoms with van der Waals surface area (Å²) >= 11 is 0. The van der Waals surface area contributed by atoms with Gasteiger partial charge in [0, 0.05) is 19.4 Å². The molecule has 0 fully saturated rings. The first-order chi connectivity index (χ1) is 7.24. The van der Waals surface area contributed by atoms with Gasteiger partial charge in [-0.25, -0.2) is 4.98 Å². The fourth-order valence-corrected chi connectivity index (χ4v) is 1.19. The van der Waals surface area contributed by atoms with E-state index >= 15 is 0 Å². The number of nitrogens with one attached hydrogen (secondary N) is 2. The first kappa shape index (κ1) is 11.7. The third-order valence-corrected chi connectivity index (χ3v) is 2.08. The van der Waals surface area contributed by atoms with E-state index in [1.807, 2.05) is 17.8 Å². The number of carbonyl (C=O) groups excluding carboxylic acids is 1. The molecule has 1 amide bonds. The molecule has 5 nitrogen and oxygen atoms in total.